The van der Waals surface area contributed by atoms with Crippen molar-refractivity contribution in [2.45, 2.75) is 50.1 Å². The van der Waals surface area contributed by atoms with E-state index in [9.17, 15) is 14.0 Å². The Morgan fingerprint density at radius 2 is 1.76 bits per heavy atom. The minimum absolute atomic E-state index is 0.0610. The molecule has 0 aliphatic heterocycles. The van der Waals surface area contributed by atoms with Crippen LogP contribution in [0.15, 0.2) is 58.5 Å². The van der Waals surface area contributed by atoms with E-state index >= 15 is 0 Å². The fraction of sp³-hybridized carbons (Fsp3) is 0.400. The summed E-state index contributed by atoms with van der Waals surface area (Å²) in [4.78, 5) is 29.8. The van der Waals surface area contributed by atoms with E-state index in [4.69, 9.17) is 5.73 Å². The van der Waals surface area contributed by atoms with Crippen LogP contribution in [-0.2, 0) is 4.79 Å². The molecular formula is C25H31FN4O2S. The molecule has 0 radical (unpaired) electrons. The molecule has 3 N–H and O–H groups in total. The molecule has 0 spiro atoms. The number of aromatic nitrogens is 2. The number of para-hydroxylation sites is 2. The third-order valence-electron chi connectivity index (χ3n) is 5.32. The predicted molar refractivity (Wildman–Crippen MR) is 132 cm³/mol. The highest BCUT2D eigenvalue weighted by atomic mass is 32.2. The smallest absolute Gasteiger partial charge is 0.266 e. The molecule has 33 heavy (non-hydrogen) atoms. The minimum Gasteiger partial charge on any atom is -0.356 e. The molecule has 3 aromatic rings. The van der Waals surface area contributed by atoms with Crippen LogP contribution in [0.3, 0.4) is 0 Å². The van der Waals surface area contributed by atoms with Crippen LogP contribution in [0, 0.1) is 5.82 Å². The first-order valence-electron chi connectivity index (χ1n) is 11.5. The SMILES string of the molecule is NCCCCCCNC(=O)CCCCSc1nc2ccccc2c(=O)n1-c1ccccc1F. The number of carbonyl (C=O) groups excluding carboxylic acids is 1. The second-order valence-corrected chi connectivity index (χ2v) is 8.92. The van der Waals surface area contributed by atoms with E-state index in [1.165, 1.54) is 22.4 Å². The molecule has 1 amide bonds. The molecule has 1 aromatic heterocycles. The highest BCUT2D eigenvalue weighted by Gasteiger charge is 2.15. The van der Waals surface area contributed by atoms with Crippen molar-refractivity contribution in [3.8, 4) is 5.69 Å². The van der Waals surface area contributed by atoms with Gasteiger partial charge in [0.1, 0.15) is 5.82 Å². The van der Waals surface area contributed by atoms with Gasteiger partial charge in [0, 0.05) is 18.7 Å². The molecule has 3 rings (SSSR count). The van der Waals surface area contributed by atoms with Gasteiger partial charge in [0.2, 0.25) is 5.91 Å². The molecule has 1 heterocycles. The number of nitrogens with one attached hydrogen (secondary N) is 1. The summed E-state index contributed by atoms with van der Waals surface area (Å²) in [5.41, 5.74) is 5.96. The Hall–Kier alpha value is -2.71. The number of amides is 1. The summed E-state index contributed by atoms with van der Waals surface area (Å²) in [5.74, 6) is 0.259. The Balaban J connectivity index is 1.57. The monoisotopic (exact) mass is 470 g/mol. The second kappa shape index (κ2) is 13.1. The molecule has 176 valence electrons. The Kier molecular flexibility index (Phi) is 9.90. The van der Waals surface area contributed by atoms with Crippen molar-refractivity contribution in [1.29, 1.82) is 0 Å². The van der Waals surface area contributed by atoms with Gasteiger partial charge in [-0.2, -0.15) is 0 Å². The summed E-state index contributed by atoms with van der Waals surface area (Å²) >= 11 is 1.40. The van der Waals surface area contributed by atoms with Crippen LogP contribution in [0.2, 0.25) is 0 Å². The molecule has 8 heteroatoms. The van der Waals surface area contributed by atoms with E-state index in [-0.39, 0.29) is 17.2 Å². The van der Waals surface area contributed by atoms with Gasteiger partial charge in [-0.3, -0.25) is 14.2 Å². The number of thioether (sulfide) groups is 1. The summed E-state index contributed by atoms with van der Waals surface area (Å²) < 4.78 is 15.9. The van der Waals surface area contributed by atoms with Gasteiger partial charge in [-0.1, -0.05) is 48.9 Å². The van der Waals surface area contributed by atoms with Crippen LogP contribution < -0.4 is 16.6 Å². The van der Waals surface area contributed by atoms with Crippen LogP contribution in [0.5, 0.6) is 0 Å². The highest BCUT2D eigenvalue weighted by Crippen LogP contribution is 2.23. The minimum atomic E-state index is -0.474. The quantitative estimate of drug-likeness (QED) is 0.219. The molecule has 0 bridgehead atoms. The van der Waals surface area contributed by atoms with Gasteiger partial charge in [0.05, 0.1) is 16.6 Å². The topological polar surface area (TPSA) is 90.0 Å². The van der Waals surface area contributed by atoms with E-state index in [0.717, 1.165) is 45.1 Å². The number of benzene rings is 2. The summed E-state index contributed by atoms with van der Waals surface area (Å²) in [7, 11) is 0. The standard InChI is InChI=1S/C25H31FN4O2S/c26-20-12-4-6-14-22(20)30-24(32)19-11-3-5-13-21(19)29-25(30)33-18-10-7-15-23(31)28-17-9-2-1-8-16-27/h3-6,11-14H,1-2,7-10,15-18,27H2,(H,28,31). The number of halogens is 1. The lowest BCUT2D eigenvalue weighted by Gasteiger charge is -2.13. The lowest BCUT2D eigenvalue weighted by Crippen LogP contribution is -2.24. The Morgan fingerprint density at radius 1 is 1.00 bits per heavy atom. The predicted octanol–water partition coefficient (Wildman–Crippen LogP) is 4.42. The van der Waals surface area contributed by atoms with Crippen LogP contribution >= 0.6 is 11.8 Å². The van der Waals surface area contributed by atoms with Crippen molar-refractivity contribution >= 4 is 28.6 Å². The van der Waals surface area contributed by atoms with Crippen LogP contribution in [0.25, 0.3) is 16.6 Å². The van der Waals surface area contributed by atoms with Gasteiger partial charge in [0.15, 0.2) is 5.16 Å². The van der Waals surface area contributed by atoms with Crippen LogP contribution in [0.4, 0.5) is 4.39 Å². The van der Waals surface area contributed by atoms with Crippen LogP contribution in [-0.4, -0.2) is 34.3 Å². The molecule has 0 saturated carbocycles. The number of carbonyl (C=O) groups is 1. The summed E-state index contributed by atoms with van der Waals surface area (Å²) in [5, 5.41) is 3.85. The lowest BCUT2D eigenvalue weighted by atomic mass is 10.2. The van der Waals surface area contributed by atoms with E-state index in [2.05, 4.69) is 10.3 Å². The zero-order valence-electron chi connectivity index (χ0n) is 18.8. The molecule has 0 aliphatic carbocycles. The average molecular weight is 471 g/mol. The second-order valence-electron chi connectivity index (χ2n) is 7.86. The maximum absolute atomic E-state index is 14.5. The lowest BCUT2D eigenvalue weighted by molar-refractivity contribution is -0.121. The maximum Gasteiger partial charge on any atom is 0.266 e. The molecule has 0 fully saturated rings. The van der Waals surface area contributed by atoms with E-state index in [1.54, 1.807) is 36.4 Å². The fourth-order valence-corrected chi connectivity index (χ4v) is 4.55. The highest BCUT2D eigenvalue weighted by molar-refractivity contribution is 7.99. The Morgan fingerprint density at radius 3 is 2.58 bits per heavy atom. The van der Waals surface area contributed by atoms with Crippen molar-refractivity contribution in [3.63, 3.8) is 0 Å². The van der Waals surface area contributed by atoms with Crippen molar-refractivity contribution in [1.82, 2.24) is 14.9 Å². The molecule has 6 nitrogen and oxygen atoms in total. The summed E-state index contributed by atoms with van der Waals surface area (Å²) in [6.07, 6.45) is 6.18. The number of rotatable bonds is 13. The van der Waals surface area contributed by atoms with Gasteiger partial charge in [-0.15, -0.1) is 0 Å². The van der Waals surface area contributed by atoms with Gasteiger partial charge in [-0.05, 0) is 56.5 Å². The average Bonchev–Trinajstić information content (AvgIpc) is 2.82. The Labute approximate surface area is 197 Å². The molecule has 0 unspecified atom stereocenters. The molecular weight excluding hydrogens is 439 g/mol. The number of hydrogen-bond donors (Lipinski definition) is 2. The number of nitrogens with two attached hydrogens (primary N) is 1. The molecule has 2 aromatic carbocycles. The molecule has 0 aliphatic rings. The molecule has 0 saturated heterocycles. The fourth-order valence-electron chi connectivity index (χ4n) is 3.54. The maximum atomic E-state index is 14.5. The number of unbranched alkanes of at least 4 members (excludes halogenated alkanes) is 4. The van der Waals surface area contributed by atoms with Gasteiger partial charge in [-0.25, -0.2) is 9.37 Å². The summed E-state index contributed by atoms with van der Waals surface area (Å²) in [6, 6.07) is 13.3. The first-order valence-corrected chi connectivity index (χ1v) is 12.5. The van der Waals surface area contributed by atoms with Gasteiger partial charge in [0.25, 0.3) is 5.56 Å². The normalized spacial score (nSPS) is 11.1. The van der Waals surface area contributed by atoms with Crippen molar-refractivity contribution in [2.75, 3.05) is 18.8 Å². The third kappa shape index (κ3) is 7.14. The first-order chi connectivity index (χ1) is 16.1. The largest absolute Gasteiger partial charge is 0.356 e. The summed E-state index contributed by atoms with van der Waals surface area (Å²) in [6.45, 7) is 1.42. The van der Waals surface area contributed by atoms with Gasteiger partial charge < -0.3 is 11.1 Å². The van der Waals surface area contributed by atoms with Gasteiger partial charge >= 0.3 is 0 Å². The zero-order valence-corrected chi connectivity index (χ0v) is 19.6. The first kappa shape index (κ1) is 24.9. The number of nitrogens with zero attached hydrogens (tertiary/aromatic N) is 2. The van der Waals surface area contributed by atoms with E-state index in [0.29, 0.717) is 34.8 Å². The van der Waals surface area contributed by atoms with Crippen LogP contribution in [0.1, 0.15) is 44.9 Å². The van der Waals surface area contributed by atoms with E-state index < -0.39 is 5.82 Å². The van der Waals surface area contributed by atoms with Crippen molar-refractivity contribution < 1.29 is 9.18 Å². The zero-order chi connectivity index (χ0) is 23.5. The Bertz CT molecular complexity index is 1120. The van der Waals surface area contributed by atoms with Crippen molar-refractivity contribution in [3.05, 3.63) is 64.7 Å². The number of hydrogen-bond acceptors (Lipinski definition) is 5. The molecule has 0 atom stereocenters. The van der Waals surface area contributed by atoms with Crippen molar-refractivity contribution in [2.24, 2.45) is 5.73 Å². The van der Waals surface area contributed by atoms with E-state index in [1.807, 2.05) is 6.07 Å². The number of fused-ring (bicyclic) bond motifs is 1. The third-order valence-corrected chi connectivity index (χ3v) is 6.35.